The number of nitro benzene ring substituents is 1. The van der Waals surface area contributed by atoms with Crippen molar-refractivity contribution in [3.63, 3.8) is 0 Å². The van der Waals surface area contributed by atoms with Crippen LogP contribution in [-0.4, -0.2) is 44.1 Å². The minimum atomic E-state index is -0.866. The van der Waals surface area contributed by atoms with Crippen molar-refractivity contribution in [2.75, 3.05) is 0 Å². The summed E-state index contributed by atoms with van der Waals surface area (Å²) in [6.45, 7) is 1.39. The number of carbonyl (C=O) groups excluding carboxylic acids is 2. The Hall–Kier alpha value is -3.72. The maximum Gasteiger partial charge on any atom is 0.355 e. The zero-order chi connectivity index (χ0) is 22.3. The quantitative estimate of drug-likeness (QED) is 0.315. The first kappa shape index (κ1) is 20.5. The SMILES string of the molecule is C[C@@H](O)C1C(=O)N2C(C(=O)OCc3ccc([N+](=O)[O-])cc3)=C(c3ccccc3O)CC12. The van der Waals surface area contributed by atoms with Gasteiger partial charge in [0.2, 0.25) is 5.91 Å². The van der Waals surface area contributed by atoms with Gasteiger partial charge in [-0.2, -0.15) is 0 Å². The van der Waals surface area contributed by atoms with Crippen molar-refractivity contribution in [3.05, 3.63) is 75.5 Å². The third-order valence-corrected chi connectivity index (χ3v) is 5.67. The van der Waals surface area contributed by atoms with Crippen LogP contribution in [0.3, 0.4) is 0 Å². The van der Waals surface area contributed by atoms with E-state index in [1.807, 2.05) is 0 Å². The Kier molecular flexibility index (Phi) is 5.20. The average Bonchev–Trinajstić information content (AvgIpc) is 3.07. The van der Waals surface area contributed by atoms with Crippen molar-refractivity contribution in [2.45, 2.75) is 32.1 Å². The van der Waals surface area contributed by atoms with Gasteiger partial charge in [-0.15, -0.1) is 0 Å². The molecule has 2 aromatic carbocycles. The molecule has 0 spiro atoms. The van der Waals surface area contributed by atoms with E-state index in [0.29, 0.717) is 23.1 Å². The van der Waals surface area contributed by atoms with Gasteiger partial charge in [-0.25, -0.2) is 4.79 Å². The number of aliphatic hydroxyl groups excluding tert-OH is 1. The number of β-lactam (4-membered cyclic amide) rings is 1. The maximum absolute atomic E-state index is 13.0. The summed E-state index contributed by atoms with van der Waals surface area (Å²) >= 11 is 0. The number of esters is 1. The predicted molar refractivity (Wildman–Crippen MR) is 108 cm³/mol. The largest absolute Gasteiger partial charge is 0.507 e. The lowest BCUT2D eigenvalue weighted by molar-refractivity contribution is -0.384. The van der Waals surface area contributed by atoms with E-state index < -0.39 is 22.9 Å². The molecule has 160 valence electrons. The summed E-state index contributed by atoms with van der Waals surface area (Å²) in [7, 11) is 0. The Bertz CT molecular complexity index is 1090. The second kappa shape index (κ2) is 7.84. The Morgan fingerprint density at radius 3 is 2.55 bits per heavy atom. The summed E-state index contributed by atoms with van der Waals surface area (Å²) in [5.41, 5.74) is 1.43. The molecule has 9 heteroatoms. The molecule has 2 aliphatic rings. The summed E-state index contributed by atoms with van der Waals surface area (Å²) in [6.07, 6.45) is -0.559. The lowest BCUT2D eigenvalue weighted by atomic mass is 9.82. The van der Waals surface area contributed by atoms with Crippen molar-refractivity contribution in [1.82, 2.24) is 4.90 Å². The number of phenolic OH excluding ortho intramolecular Hbond substituents is 1. The minimum Gasteiger partial charge on any atom is -0.507 e. The summed E-state index contributed by atoms with van der Waals surface area (Å²) in [6, 6.07) is 11.7. The zero-order valence-corrected chi connectivity index (χ0v) is 16.6. The minimum absolute atomic E-state index is 0.0262. The van der Waals surface area contributed by atoms with E-state index in [0.717, 1.165) is 0 Å². The molecule has 0 bridgehead atoms. The molecule has 3 atom stereocenters. The van der Waals surface area contributed by atoms with E-state index in [4.69, 9.17) is 4.74 Å². The molecule has 2 heterocycles. The molecule has 4 rings (SSSR count). The number of hydrogen-bond acceptors (Lipinski definition) is 7. The Balaban J connectivity index is 1.61. The summed E-state index contributed by atoms with van der Waals surface area (Å²) in [5, 5.41) is 31.0. The van der Waals surface area contributed by atoms with Crippen LogP contribution in [0.1, 0.15) is 24.5 Å². The average molecular weight is 424 g/mol. The molecular weight excluding hydrogens is 404 g/mol. The highest BCUT2D eigenvalue weighted by molar-refractivity contribution is 6.07. The van der Waals surface area contributed by atoms with Crippen LogP contribution in [0.4, 0.5) is 5.69 Å². The van der Waals surface area contributed by atoms with Crippen LogP contribution in [0, 0.1) is 16.0 Å². The van der Waals surface area contributed by atoms with Gasteiger partial charge in [-0.3, -0.25) is 14.9 Å². The number of amides is 1. The Labute approximate surface area is 177 Å². The van der Waals surface area contributed by atoms with Gasteiger partial charge in [0.05, 0.1) is 23.0 Å². The number of aliphatic hydroxyl groups is 1. The van der Waals surface area contributed by atoms with Gasteiger partial charge >= 0.3 is 5.97 Å². The summed E-state index contributed by atoms with van der Waals surface area (Å²) < 4.78 is 5.40. The number of hydrogen-bond donors (Lipinski definition) is 2. The lowest BCUT2D eigenvalue weighted by Gasteiger charge is -2.44. The van der Waals surface area contributed by atoms with Gasteiger partial charge in [0.15, 0.2) is 0 Å². The molecule has 0 aliphatic carbocycles. The van der Waals surface area contributed by atoms with Crippen molar-refractivity contribution >= 4 is 23.1 Å². The number of benzene rings is 2. The smallest absolute Gasteiger partial charge is 0.355 e. The second-order valence-corrected chi connectivity index (χ2v) is 7.59. The predicted octanol–water partition coefficient (Wildman–Crippen LogP) is 2.37. The van der Waals surface area contributed by atoms with E-state index in [1.165, 1.54) is 42.2 Å². The van der Waals surface area contributed by atoms with E-state index in [9.17, 15) is 29.9 Å². The van der Waals surface area contributed by atoms with Crippen molar-refractivity contribution in [1.29, 1.82) is 0 Å². The van der Waals surface area contributed by atoms with Gasteiger partial charge in [-0.05, 0) is 42.7 Å². The maximum atomic E-state index is 13.0. The zero-order valence-electron chi connectivity index (χ0n) is 16.6. The second-order valence-electron chi connectivity index (χ2n) is 7.59. The van der Waals surface area contributed by atoms with E-state index in [2.05, 4.69) is 0 Å². The fourth-order valence-electron chi connectivity index (χ4n) is 4.16. The van der Waals surface area contributed by atoms with Crippen molar-refractivity contribution < 1.29 is 29.5 Å². The van der Waals surface area contributed by atoms with Gasteiger partial charge < -0.3 is 19.8 Å². The highest BCUT2D eigenvalue weighted by atomic mass is 16.6. The van der Waals surface area contributed by atoms with Gasteiger partial charge in [0.25, 0.3) is 5.69 Å². The lowest BCUT2D eigenvalue weighted by Crippen LogP contribution is -2.61. The first-order chi connectivity index (χ1) is 14.8. The van der Waals surface area contributed by atoms with Crippen LogP contribution in [0.2, 0.25) is 0 Å². The number of non-ortho nitro benzene ring substituents is 1. The molecule has 0 radical (unpaired) electrons. The van der Waals surface area contributed by atoms with E-state index in [-0.39, 0.29) is 35.7 Å². The fourth-order valence-corrected chi connectivity index (χ4v) is 4.16. The molecule has 2 unspecified atom stereocenters. The third-order valence-electron chi connectivity index (χ3n) is 5.67. The fraction of sp³-hybridized carbons (Fsp3) is 0.273. The monoisotopic (exact) mass is 424 g/mol. The number of rotatable bonds is 6. The molecule has 2 aliphatic heterocycles. The first-order valence-electron chi connectivity index (χ1n) is 9.72. The molecule has 1 saturated heterocycles. The number of ether oxygens (including phenoxy) is 1. The number of carbonyl (C=O) groups is 2. The number of nitrogens with zero attached hydrogens (tertiary/aromatic N) is 2. The number of nitro groups is 1. The van der Waals surface area contributed by atoms with Crippen molar-refractivity contribution in [3.8, 4) is 5.75 Å². The molecule has 2 N–H and O–H groups in total. The Morgan fingerprint density at radius 2 is 1.94 bits per heavy atom. The van der Waals surface area contributed by atoms with Crippen molar-refractivity contribution in [2.24, 2.45) is 5.92 Å². The van der Waals surface area contributed by atoms with Crippen LogP contribution in [0.5, 0.6) is 5.75 Å². The number of phenols is 1. The molecule has 1 amide bonds. The number of fused-ring (bicyclic) bond motifs is 1. The van der Waals surface area contributed by atoms with Gasteiger partial charge in [0.1, 0.15) is 18.1 Å². The molecule has 0 saturated carbocycles. The van der Waals surface area contributed by atoms with Crippen LogP contribution >= 0.6 is 0 Å². The van der Waals surface area contributed by atoms with Crippen LogP contribution in [-0.2, 0) is 20.9 Å². The summed E-state index contributed by atoms with van der Waals surface area (Å²) in [4.78, 5) is 37.2. The normalized spacial score (nSPS) is 20.8. The standard InChI is InChI=1S/C22H20N2O7/c1-12(25)19-17-10-16(15-4-2-3-5-18(15)26)20(23(17)21(19)27)22(28)31-11-13-6-8-14(9-7-13)24(29)30/h2-9,12,17,19,25-26H,10-11H2,1H3/t12-,17?,19?/m1/s1. The Morgan fingerprint density at radius 1 is 1.26 bits per heavy atom. The van der Waals surface area contributed by atoms with Gasteiger partial charge in [0, 0.05) is 17.7 Å². The first-order valence-corrected chi connectivity index (χ1v) is 9.72. The third kappa shape index (κ3) is 3.53. The molecule has 1 fully saturated rings. The molecule has 9 nitrogen and oxygen atoms in total. The van der Waals surface area contributed by atoms with Crippen LogP contribution < -0.4 is 0 Å². The number of para-hydroxylation sites is 1. The van der Waals surface area contributed by atoms with E-state index in [1.54, 1.807) is 18.2 Å². The summed E-state index contributed by atoms with van der Waals surface area (Å²) in [5.74, 6) is -1.76. The highest BCUT2D eigenvalue weighted by Gasteiger charge is 2.57. The molecule has 2 aromatic rings. The molecule has 0 aromatic heterocycles. The highest BCUT2D eigenvalue weighted by Crippen LogP contribution is 2.48. The van der Waals surface area contributed by atoms with Gasteiger partial charge in [-0.1, -0.05) is 18.2 Å². The van der Waals surface area contributed by atoms with Crippen LogP contribution in [0.25, 0.3) is 5.57 Å². The van der Waals surface area contributed by atoms with Crippen LogP contribution in [0.15, 0.2) is 54.2 Å². The molecule has 31 heavy (non-hydrogen) atoms. The van der Waals surface area contributed by atoms with E-state index >= 15 is 0 Å². The molecular formula is C22H20N2O7. The number of aromatic hydroxyl groups is 1. The topological polar surface area (TPSA) is 130 Å².